The van der Waals surface area contributed by atoms with Crippen LogP contribution in [0.15, 0.2) is 29.4 Å². The first-order valence-corrected chi connectivity index (χ1v) is 9.74. The van der Waals surface area contributed by atoms with Crippen molar-refractivity contribution in [2.45, 2.75) is 37.3 Å². The third kappa shape index (κ3) is 3.97. The van der Waals surface area contributed by atoms with Crippen molar-refractivity contribution in [2.24, 2.45) is 0 Å². The molecule has 1 aliphatic carbocycles. The van der Waals surface area contributed by atoms with Crippen molar-refractivity contribution >= 4 is 17.7 Å². The lowest BCUT2D eigenvalue weighted by Gasteiger charge is -2.12. The predicted octanol–water partition coefficient (Wildman–Crippen LogP) is 3.28. The zero-order chi connectivity index (χ0) is 18.5. The summed E-state index contributed by atoms with van der Waals surface area (Å²) in [6.07, 6.45) is 5.69. The van der Waals surface area contributed by atoms with Crippen LogP contribution in [-0.4, -0.2) is 28.7 Å². The fraction of sp³-hybridized carbons (Fsp3) is 0.368. The molecular weight excluding hydrogens is 348 g/mol. The monoisotopic (exact) mass is 368 g/mol. The molecule has 2 heterocycles. The largest absolute Gasteiger partial charge is 0.478 e. The first-order chi connectivity index (χ1) is 12.7. The number of carbonyl (C=O) groups excluding carboxylic acids is 1. The average Bonchev–Trinajstić information content (AvgIpc) is 3.51. The Bertz CT molecular complexity index is 859. The molecule has 0 unspecified atom stereocenters. The van der Waals surface area contributed by atoms with E-state index in [-0.39, 0.29) is 12.5 Å². The molecule has 26 heavy (non-hydrogen) atoms. The first kappa shape index (κ1) is 18.2. The number of hydrogen-bond donors (Lipinski definition) is 1. The third-order valence-electron chi connectivity index (χ3n) is 4.12. The zero-order valence-electron chi connectivity index (χ0n) is 14.8. The van der Waals surface area contributed by atoms with Crippen LogP contribution in [0.4, 0.5) is 0 Å². The van der Waals surface area contributed by atoms with E-state index < -0.39 is 0 Å². The maximum absolute atomic E-state index is 12.8. The molecule has 1 saturated carbocycles. The van der Waals surface area contributed by atoms with Crippen LogP contribution in [0.3, 0.4) is 0 Å². The van der Waals surface area contributed by atoms with E-state index in [2.05, 4.69) is 21.4 Å². The number of amides is 1. The maximum Gasteiger partial charge on any atom is 0.253 e. The van der Waals surface area contributed by atoms with E-state index in [1.165, 1.54) is 11.8 Å². The summed E-state index contributed by atoms with van der Waals surface area (Å²) in [5.41, 5.74) is 2.41. The van der Waals surface area contributed by atoms with Gasteiger partial charge in [0.1, 0.15) is 11.1 Å². The number of aromatic nitrogens is 2. The van der Waals surface area contributed by atoms with E-state index >= 15 is 0 Å². The summed E-state index contributed by atoms with van der Waals surface area (Å²) in [6, 6.07) is 7.55. The molecule has 0 spiro atoms. The predicted molar refractivity (Wildman–Crippen MR) is 99.3 cm³/mol. The van der Waals surface area contributed by atoms with Crippen LogP contribution in [0, 0.1) is 11.3 Å². The molecule has 0 aliphatic heterocycles. The number of thioether (sulfide) groups is 1. The van der Waals surface area contributed by atoms with Gasteiger partial charge in [0.15, 0.2) is 0 Å². The highest BCUT2D eigenvalue weighted by molar-refractivity contribution is 7.98. The second-order valence-corrected chi connectivity index (χ2v) is 6.74. The number of rotatable bonds is 7. The molecule has 134 valence electrons. The molecule has 0 radical (unpaired) electrons. The Labute approximate surface area is 157 Å². The van der Waals surface area contributed by atoms with Crippen molar-refractivity contribution in [2.75, 3.05) is 12.9 Å². The Morgan fingerprint density at radius 3 is 2.96 bits per heavy atom. The van der Waals surface area contributed by atoms with Crippen LogP contribution in [0.5, 0.6) is 5.88 Å². The SMILES string of the molecule is CCOc1ncccc1CNC(=O)c1cc(C2CC2)nc(SC)c1C#N. The first-order valence-electron chi connectivity index (χ1n) is 8.51. The molecule has 1 N–H and O–H groups in total. The van der Waals surface area contributed by atoms with Gasteiger partial charge in [0.05, 0.1) is 17.7 Å². The van der Waals surface area contributed by atoms with Crippen LogP contribution in [0.1, 0.15) is 52.9 Å². The fourth-order valence-electron chi connectivity index (χ4n) is 2.66. The number of nitriles is 1. The van der Waals surface area contributed by atoms with Crippen LogP contribution < -0.4 is 10.1 Å². The molecule has 2 aromatic heterocycles. The van der Waals surface area contributed by atoms with Gasteiger partial charge in [0.2, 0.25) is 5.88 Å². The van der Waals surface area contributed by atoms with E-state index in [0.717, 1.165) is 24.1 Å². The van der Waals surface area contributed by atoms with Gasteiger partial charge in [-0.1, -0.05) is 6.07 Å². The maximum atomic E-state index is 12.8. The van der Waals surface area contributed by atoms with Gasteiger partial charge in [-0.15, -0.1) is 11.8 Å². The van der Waals surface area contributed by atoms with Crippen molar-refractivity contribution in [1.29, 1.82) is 5.26 Å². The number of pyridine rings is 2. The van der Waals surface area contributed by atoms with Gasteiger partial charge in [-0.2, -0.15) is 5.26 Å². The molecule has 1 aliphatic rings. The fourth-order valence-corrected chi connectivity index (χ4v) is 3.22. The van der Waals surface area contributed by atoms with Gasteiger partial charge < -0.3 is 10.1 Å². The number of ether oxygens (including phenoxy) is 1. The summed E-state index contributed by atoms with van der Waals surface area (Å²) in [5.74, 6) is 0.629. The molecule has 7 heteroatoms. The lowest BCUT2D eigenvalue weighted by atomic mass is 10.1. The molecule has 1 fully saturated rings. The molecule has 3 rings (SSSR count). The highest BCUT2D eigenvalue weighted by Crippen LogP contribution is 2.40. The Balaban J connectivity index is 1.84. The number of hydrogen-bond acceptors (Lipinski definition) is 6. The summed E-state index contributed by atoms with van der Waals surface area (Å²) >= 11 is 1.39. The molecular formula is C19H20N4O2S. The van der Waals surface area contributed by atoms with Crippen molar-refractivity contribution in [3.8, 4) is 11.9 Å². The zero-order valence-corrected chi connectivity index (χ0v) is 15.6. The van der Waals surface area contributed by atoms with E-state index in [1.807, 2.05) is 19.2 Å². The third-order valence-corrected chi connectivity index (χ3v) is 4.80. The lowest BCUT2D eigenvalue weighted by Crippen LogP contribution is -2.25. The summed E-state index contributed by atoms with van der Waals surface area (Å²) in [7, 11) is 0. The Kier molecular flexibility index (Phi) is 5.74. The highest BCUT2D eigenvalue weighted by Gasteiger charge is 2.28. The molecule has 0 bridgehead atoms. The minimum atomic E-state index is -0.285. The molecule has 0 atom stereocenters. The lowest BCUT2D eigenvalue weighted by molar-refractivity contribution is 0.0949. The van der Waals surface area contributed by atoms with Crippen molar-refractivity contribution in [1.82, 2.24) is 15.3 Å². The van der Waals surface area contributed by atoms with Crippen LogP contribution in [-0.2, 0) is 6.54 Å². The molecule has 0 aromatic carbocycles. The second-order valence-electron chi connectivity index (χ2n) is 5.95. The topological polar surface area (TPSA) is 87.9 Å². The van der Waals surface area contributed by atoms with Crippen molar-refractivity contribution in [3.63, 3.8) is 0 Å². The van der Waals surface area contributed by atoms with Crippen molar-refractivity contribution < 1.29 is 9.53 Å². The summed E-state index contributed by atoms with van der Waals surface area (Å²) < 4.78 is 5.49. The van der Waals surface area contributed by atoms with Crippen LogP contribution in [0.25, 0.3) is 0 Å². The average molecular weight is 368 g/mol. The molecule has 6 nitrogen and oxygen atoms in total. The number of carbonyl (C=O) groups is 1. The van der Waals surface area contributed by atoms with Crippen LogP contribution >= 0.6 is 11.8 Å². The highest BCUT2D eigenvalue weighted by atomic mass is 32.2. The van der Waals surface area contributed by atoms with Gasteiger partial charge in [0.25, 0.3) is 5.91 Å². The van der Waals surface area contributed by atoms with E-state index in [1.54, 1.807) is 18.3 Å². The van der Waals surface area contributed by atoms with E-state index in [4.69, 9.17) is 4.74 Å². The van der Waals surface area contributed by atoms with Gasteiger partial charge in [-0.3, -0.25) is 4.79 Å². The van der Waals surface area contributed by atoms with E-state index in [0.29, 0.717) is 34.6 Å². The standard InChI is InChI=1S/C19H20N4O2S/c1-3-25-18-13(5-4-8-21-18)11-22-17(24)14-9-16(12-6-7-12)23-19(26-2)15(14)10-20/h4-5,8-9,12H,3,6-7,11H2,1-2H3,(H,22,24). The number of nitrogens with one attached hydrogen (secondary N) is 1. The van der Waals surface area contributed by atoms with Gasteiger partial charge in [0, 0.05) is 29.9 Å². The quantitative estimate of drug-likeness (QED) is 0.755. The Morgan fingerprint density at radius 1 is 1.50 bits per heavy atom. The molecule has 0 saturated heterocycles. The molecule has 2 aromatic rings. The Morgan fingerprint density at radius 2 is 2.31 bits per heavy atom. The van der Waals surface area contributed by atoms with Crippen LogP contribution in [0.2, 0.25) is 0 Å². The number of nitrogens with zero attached hydrogens (tertiary/aromatic N) is 3. The Hall–Kier alpha value is -2.59. The van der Waals surface area contributed by atoms with Gasteiger partial charge in [-0.05, 0) is 38.2 Å². The van der Waals surface area contributed by atoms with E-state index in [9.17, 15) is 10.1 Å². The normalized spacial score (nSPS) is 13.1. The summed E-state index contributed by atoms with van der Waals surface area (Å²) in [4.78, 5) is 21.5. The molecule has 1 amide bonds. The second kappa shape index (κ2) is 8.19. The minimum absolute atomic E-state index is 0.280. The smallest absolute Gasteiger partial charge is 0.253 e. The summed E-state index contributed by atoms with van der Waals surface area (Å²) in [6.45, 7) is 2.67. The summed E-state index contributed by atoms with van der Waals surface area (Å²) in [5, 5.41) is 13.0. The van der Waals surface area contributed by atoms with Crippen molar-refractivity contribution in [3.05, 3.63) is 46.8 Å². The van der Waals surface area contributed by atoms with Gasteiger partial charge in [-0.25, -0.2) is 9.97 Å². The minimum Gasteiger partial charge on any atom is -0.478 e. The van der Waals surface area contributed by atoms with Gasteiger partial charge >= 0.3 is 0 Å².